The molecule has 0 fully saturated rings. The minimum Gasteiger partial charge on any atom is -0.496 e. The zero-order valence-electron chi connectivity index (χ0n) is 10.6. The molecule has 0 saturated heterocycles. The molecule has 0 aliphatic carbocycles. The highest BCUT2D eigenvalue weighted by Crippen LogP contribution is 2.27. The second kappa shape index (κ2) is 6.54. The summed E-state index contributed by atoms with van der Waals surface area (Å²) in [6.45, 7) is 3.33. The van der Waals surface area contributed by atoms with Crippen LogP contribution in [0.25, 0.3) is 0 Å². The van der Waals surface area contributed by atoms with E-state index in [1.807, 2.05) is 37.3 Å². The lowest BCUT2D eigenvalue weighted by Crippen LogP contribution is -2.42. The minimum atomic E-state index is -0.144. The average Bonchev–Trinajstić information content (AvgIpc) is 2.94. The molecule has 2 atom stereocenters. The Morgan fingerprint density at radius 2 is 2.17 bits per heavy atom. The van der Waals surface area contributed by atoms with Crippen molar-refractivity contribution in [2.24, 2.45) is 5.84 Å². The van der Waals surface area contributed by atoms with Gasteiger partial charge in [-0.15, -0.1) is 0 Å². The van der Waals surface area contributed by atoms with Gasteiger partial charge in [-0.05, 0) is 18.6 Å². The van der Waals surface area contributed by atoms with E-state index in [0.29, 0.717) is 6.61 Å². The van der Waals surface area contributed by atoms with Gasteiger partial charge in [0.2, 0.25) is 0 Å². The zero-order valence-corrected chi connectivity index (χ0v) is 10.6. The van der Waals surface area contributed by atoms with Crippen molar-refractivity contribution < 1.29 is 9.47 Å². The van der Waals surface area contributed by atoms with Crippen molar-refractivity contribution in [1.29, 1.82) is 0 Å². The minimum absolute atomic E-state index is 0.134. The van der Waals surface area contributed by atoms with E-state index < -0.39 is 0 Å². The summed E-state index contributed by atoms with van der Waals surface area (Å²) in [6.07, 6.45) is 2.87. The summed E-state index contributed by atoms with van der Waals surface area (Å²) in [6, 6.07) is 9.93. The Balaban J connectivity index is 2.22. The Kier molecular flexibility index (Phi) is 4.75. The summed E-state index contributed by atoms with van der Waals surface area (Å²) in [5.41, 5.74) is 3.91. The van der Waals surface area contributed by atoms with Gasteiger partial charge in [0.1, 0.15) is 17.9 Å². The Morgan fingerprint density at radius 1 is 1.39 bits per heavy atom. The molecule has 2 rings (SSSR count). The van der Waals surface area contributed by atoms with Crippen LogP contribution in [0, 0.1) is 0 Å². The van der Waals surface area contributed by atoms with Gasteiger partial charge in [-0.25, -0.2) is 5.43 Å². The van der Waals surface area contributed by atoms with E-state index >= 15 is 0 Å². The molecular formula is C14H20N2O2. The van der Waals surface area contributed by atoms with Gasteiger partial charge >= 0.3 is 0 Å². The molecule has 0 saturated carbocycles. The second-order valence-corrected chi connectivity index (χ2v) is 4.17. The van der Waals surface area contributed by atoms with Crippen molar-refractivity contribution in [1.82, 2.24) is 5.43 Å². The number of benzene rings is 1. The van der Waals surface area contributed by atoms with E-state index in [1.165, 1.54) is 0 Å². The van der Waals surface area contributed by atoms with E-state index in [9.17, 15) is 0 Å². The first kappa shape index (κ1) is 13.1. The molecule has 0 radical (unpaired) electrons. The molecule has 0 bridgehead atoms. The molecule has 3 N–H and O–H groups in total. The summed E-state index contributed by atoms with van der Waals surface area (Å²) in [7, 11) is 0. The van der Waals surface area contributed by atoms with Gasteiger partial charge in [-0.1, -0.05) is 30.3 Å². The summed E-state index contributed by atoms with van der Waals surface area (Å²) in [4.78, 5) is 0. The number of nitrogens with one attached hydrogen (secondary N) is 1. The molecule has 1 aromatic rings. The summed E-state index contributed by atoms with van der Waals surface area (Å²) < 4.78 is 11.4. The monoisotopic (exact) mass is 248 g/mol. The predicted molar refractivity (Wildman–Crippen MR) is 70.6 cm³/mol. The standard InChI is InChI=1S/C14H20N2O2/c1-2-17-14(11-7-4-3-5-8-11)13(16-15)12-9-6-10-18-12/h3-5,7-9,13-14,16H,2,6,10,15H2,1H3. The molecule has 4 heteroatoms. The quantitative estimate of drug-likeness (QED) is 0.596. The maximum absolute atomic E-state index is 5.83. The number of nitrogens with two attached hydrogens (primary N) is 1. The van der Waals surface area contributed by atoms with Crippen molar-refractivity contribution in [3.8, 4) is 0 Å². The average molecular weight is 248 g/mol. The van der Waals surface area contributed by atoms with Crippen LogP contribution in [0.5, 0.6) is 0 Å². The van der Waals surface area contributed by atoms with Crippen LogP contribution in [0.2, 0.25) is 0 Å². The van der Waals surface area contributed by atoms with E-state index in [2.05, 4.69) is 11.5 Å². The van der Waals surface area contributed by atoms with Crippen LogP contribution in [0.4, 0.5) is 0 Å². The van der Waals surface area contributed by atoms with Crippen molar-refractivity contribution in [2.45, 2.75) is 25.5 Å². The first-order valence-corrected chi connectivity index (χ1v) is 6.32. The topological polar surface area (TPSA) is 56.5 Å². The van der Waals surface area contributed by atoms with Gasteiger partial charge in [0.05, 0.1) is 6.61 Å². The Morgan fingerprint density at radius 3 is 2.72 bits per heavy atom. The van der Waals surface area contributed by atoms with Crippen molar-refractivity contribution in [2.75, 3.05) is 13.2 Å². The normalized spacial score (nSPS) is 18.0. The molecule has 1 aliphatic rings. The fourth-order valence-electron chi connectivity index (χ4n) is 2.18. The van der Waals surface area contributed by atoms with Crippen LogP contribution in [-0.2, 0) is 9.47 Å². The molecule has 1 heterocycles. The van der Waals surface area contributed by atoms with Crippen LogP contribution in [0.15, 0.2) is 42.2 Å². The Hall–Kier alpha value is -1.36. The first-order valence-electron chi connectivity index (χ1n) is 6.32. The number of hydrogen-bond acceptors (Lipinski definition) is 4. The fourth-order valence-corrected chi connectivity index (χ4v) is 2.18. The molecule has 1 aliphatic heterocycles. The maximum Gasteiger partial charge on any atom is 0.113 e. The molecule has 18 heavy (non-hydrogen) atoms. The van der Waals surface area contributed by atoms with Crippen LogP contribution < -0.4 is 11.3 Å². The fraction of sp³-hybridized carbons (Fsp3) is 0.429. The van der Waals surface area contributed by atoms with E-state index in [-0.39, 0.29) is 12.1 Å². The van der Waals surface area contributed by atoms with Gasteiger partial charge in [-0.2, -0.15) is 0 Å². The molecule has 2 unspecified atom stereocenters. The summed E-state index contributed by atoms with van der Waals surface area (Å²) >= 11 is 0. The zero-order chi connectivity index (χ0) is 12.8. The third-order valence-corrected chi connectivity index (χ3v) is 3.00. The third-order valence-electron chi connectivity index (χ3n) is 3.00. The van der Waals surface area contributed by atoms with Crippen LogP contribution in [0.1, 0.15) is 25.0 Å². The predicted octanol–water partition coefficient (Wildman–Crippen LogP) is 1.90. The van der Waals surface area contributed by atoms with E-state index in [1.54, 1.807) is 0 Å². The van der Waals surface area contributed by atoms with Crippen molar-refractivity contribution >= 4 is 0 Å². The lowest BCUT2D eigenvalue weighted by atomic mass is 10.0. The van der Waals surface area contributed by atoms with Gasteiger partial charge in [0.25, 0.3) is 0 Å². The SMILES string of the molecule is CCOC(c1ccccc1)C(NN)C1=CCCO1. The molecule has 1 aromatic carbocycles. The third kappa shape index (κ3) is 2.90. The smallest absolute Gasteiger partial charge is 0.113 e. The summed E-state index contributed by atoms with van der Waals surface area (Å²) in [5, 5.41) is 0. The highest BCUT2D eigenvalue weighted by atomic mass is 16.5. The number of rotatable bonds is 6. The number of ether oxygens (including phenoxy) is 2. The summed E-state index contributed by atoms with van der Waals surface area (Å²) in [5.74, 6) is 6.55. The van der Waals surface area contributed by atoms with Crippen LogP contribution in [0.3, 0.4) is 0 Å². The molecular weight excluding hydrogens is 228 g/mol. The van der Waals surface area contributed by atoms with Crippen LogP contribution in [-0.4, -0.2) is 19.3 Å². The van der Waals surface area contributed by atoms with Gasteiger partial charge in [-0.3, -0.25) is 5.84 Å². The highest BCUT2D eigenvalue weighted by Gasteiger charge is 2.28. The van der Waals surface area contributed by atoms with Crippen molar-refractivity contribution in [3.05, 3.63) is 47.7 Å². The van der Waals surface area contributed by atoms with Gasteiger partial charge in [0.15, 0.2) is 0 Å². The Labute approximate surface area is 108 Å². The van der Waals surface area contributed by atoms with Crippen LogP contribution >= 0.6 is 0 Å². The van der Waals surface area contributed by atoms with Gasteiger partial charge < -0.3 is 9.47 Å². The molecule has 0 aromatic heterocycles. The molecule has 0 amide bonds. The van der Waals surface area contributed by atoms with Gasteiger partial charge in [0, 0.05) is 13.0 Å². The van der Waals surface area contributed by atoms with E-state index in [0.717, 1.165) is 24.4 Å². The molecule has 0 spiro atoms. The second-order valence-electron chi connectivity index (χ2n) is 4.17. The number of hydrogen-bond donors (Lipinski definition) is 2. The first-order chi connectivity index (χ1) is 8.86. The largest absolute Gasteiger partial charge is 0.496 e. The van der Waals surface area contributed by atoms with Crippen molar-refractivity contribution in [3.63, 3.8) is 0 Å². The lowest BCUT2D eigenvalue weighted by molar-refractivity contribution is 0.0272. The molecule has 98 valence electrons. The Bertz CT molecular complexity index is 392. The lowest BCUT2D eigenvalue weighted by Gasteiger charge is -2.27. The van der Waals surface area contributed by atoms with E-state index in [4.69, 9.17) is 15.3 Å². The number of hydrazine groups is 1. The highest BCUT2D eigenvalue weighted by molar-refractivity contribution is 5.23. The molecule has 4 nitrogen and oxygen atoms in total. The maximum atomic E-state index is 5.83.